The van der Waals surface area contributed by atoms with Crippen molar-refractivity contribution in [2.75, 3.05) is 14.2 Å². The molecule has 0 N–H and O–H groups in total. The molecule has 0 aliphatic rings. The molecule has 6 heteroatoms. The number of esters is 2. The van der Waals surface area contributed by atoms with Crippen LogP contribution in [-0.4, -0.2) is 54.9 Å². The Kier molecular flexibility index (Phi) is 7.06. The average molecular weight is 347 g/mol. The maximum atomic E-state index is 11.7. The van der Waals surface area contributed by atoms with Gasteiger partial charge in [0.05, 0.1) is 0 Å². The number of methoxy groups -OCH3 is 2. The van der Waals surface area contributed by atoms with Crippen LogP contribution in [0.25, 0.3) is 0 Å². The third-order valence-electron chi connectivity index (χ3n) is 2.03. The van der Waals surface area contributed by atoms with Gasteiger partial charge in [-0.15, -0.1) is 0 Å². The molecule has 16 heavy (non-hydrogen) atoms. The van der Waals surface area contributed by atoms with Crippen molar-refractivity contribution in [2.45, 2.75) is 23.0 Å². The summed E-state index contributed by atoms with van der Waals surface area (Å²) in [5.41, 5.74) is 0. The first kappa shape index (κ1) is 15.8. The van der Waals surface area contributed by atoms with Gasteiger partial charge < -0.3 is 0 Å². The van der Waals surface area contributed by atoms with Gasteiger partial charge in [-0.05, 0) is 0 Å². The van der Waals surface area contributed by atoms with Crippen LogP contribution in [0.3, 0.4) is 0 Å². The number of hydrogen-bond donors (Lipinski definition) is 0. The molecule has 0 aromatic heterocycles. The molecule has 0 aromatic rings. The molecule has 0 saturated carbocycles. The molecular weight excluding hydrogens is 329 g/mol. The van der Waals surface area contributed by atoms with Crippen LogP contribution < -0.4 is 0 Å². The van der Waals surface area contributed by atoms with Crippen molar-refractivity contribution < 1.29 is 19.1 Å². The second-order valence-electron chi connectivity index (χ2n) is 3.73. The van der Waals surface area contributed by atoms with Gasteiger partial charge in [-0.2, -0.15) is 0 Å². The van der Waals surface area contributed by atoms with Crippen LogP contribution in [0.5, 0.6) is 0 Å². The van der Waals surface area contributed by atoms with Gasteiger partial charge in [0.2, 0.25) is 0 Å². The fraction of sp³-hybridized carbons (Fsp3) is 0.600. The van der Waals surface area contributed by atoms with Gasteiger partial charge in [-0.1, -0.05) is 0 Å². The molecule has 0 atom stereocenters. The van der Waals surface area contributed by atoms with E-state index in [1.807, 2.05) is 23.0 Å². The summed E-state index contributed by atoms with van der Waals surface area (Å²) in [5.74, 6) is 7.45. The van der Waals surface area contributed by atoms with Crippen molar-refractivity contribution in [3.63, 3.8) is 0 Å². The second-order valence-corrected chi connectivity index (χ2v) is 14.2. The van der Waals surface area contributed by atoms with Gasteiger partial charge in [0, 0.05) is 0 Å². The number of carbonyl (C=O) groups is 2. The molecule has 0 spiro atoms. The van der Waals surface area contributed by atoms with Crippen LogP contribution in [0, 0.1) is 0 Å². The Hall–Kier alpha value is -0.234. The zero-order valence-corrected chi connectivity index (χ0v) is 14.8. The van der Waals surface area contributed by atoms with Gasteiger partial charge in [0.15, 0.2) is 0 Å². The van der Waals surface area contributed by atoms with Crippen molar-refractivity contribution in [3.8, 4) is 0 Å². The first-order chi connectivity index (χ1) is 7.36. The van der Waals surface area contributed by atoms with E-state index < -0.39 is 28.7 Å². The molecule has 0 heterocycles. The first-order valence-corrected chi connectivity index (χ1v) is 15.4. The van der Waals surface area contributed by atoms with Gasteiger partial charge in [-0.3, -0.25) is 0 Å². The molecule has 0 fully saturated rings. The Balaban J connectivity index is 5.63. The zero-order valence-electron chi connectivity index (χ0n) is 10.6. The van der Waals surface area contributed by atoms with Crippen molar-refractivity contribution in [1.82, 2.24) is 0 Å². The standard InChI is InChI=1S/C10H18Ge2O4/c1-11(2)7(9(13)15-5)8(12(3)4)10(14)16-6/h1-6H3/b8-7-. The van der Waals surface area contributed by atoms with Crippen LogP contribution in [0.1, 0.15) is 0 Å². The second kappa shape index (κ2) is 7.16. The number of hydrogen-bond acceptors (Lipinski definition) is 4. The number of ether oxygens (including phenoxy) is 2. The molecule has 0 aliphatic carbocycles. The van der Waals surface area contributed by atoms with Crippen molar-refractivity contribution in [3.05, 3.63) is 8.81 Å². The summed E-state index contributed by atoms with van der Waals surface area (Å²) < 4.78 is 10.8. The molecule has 2 radical (unpaired) electrons. The summed E-state index contributed by atoms with van der Waals surface area (Å²) in [6, 6.07) is 0. The summed E-state index contributed by atoms with van der Waals surface area (Å²) >= 11 is -3.34. The minimum atomic E-state index is -1.67. The molecule has 0 amide bonds. The third kappa shape index (κ3) is 3.97. The van der Waals surface area contributed by atoms with Crippen LogP contribution in [-0.2, 0) is 19.1 Å². The van der Waals surface area contributed by atoms with E-state index in [-0.39, 0.29) is 11.9 Å². The Labute approximate surface area is 106 Å². The molecule has 90 valence electrons. The fourth-order valence-electron chi connectivity index (χ4n) is 1.32. The van der Waals surface area contributed by atoms with Crippen molar-refractivity contribution >= 4 is 40.6 Å². The number of rotatable bonds is 4. The Bertz CT molecular complexity index is 278. The predicted molar refractivity (Wildman–Crippen MR) is 66.0 cm³/mol. The van der Waals surface area contributed by atoms with E-state index in [0.717, 1.165) is 0 Å². The molecule has 0 saturated heterocycles. The van der Waals surface area contributed by atoms with E-state index in [1.165, 1.54) is 14.2 Å². The average Bonchev–Trinajstić information content (AvgIpc) is 2.22. The molecule has 0 aliphatic heterocycles. The Morgan fingerprint density at radius 2 is 1.00 bits per heavy atom. The molecule has 0 rings (SSSR count). The number of carbonyl (C=O) groups excluding carboxylic acids is 2. The monoisotopic (exact) mass is 350 g/mol. The minimum absolute atomic E-state index is 0.353. The van der Waals surface area contributed by atoms with E-state index in [9.17, 15) is 9.59 Å². The van der Waals surface area contributed by atoms with Crippen LogP contribution >= 0.6 is 0 Å². The summed E-state index contributed by atoms with van der Waals surface area (Å²) in [6.45, 7) is 0. The first-order valence-electron chi connectivity index (χ1n) is 4.88. The quantitative estimate of drug-likeness (QED) is 0.436. The predicted octanol–water partition coefficient (Wildman–Crippen LogP) is 1.22. The summed E-state index contributed by atoms with van der Waals surface area (Å²) in [4.78, 5) is 23.4. The van der Waals surface area contributed by atoms with Gasteiger partial charge >= 0.3 is 106 Å². The van der Waals surface area contributed by atoms with Gasteiger partial charge in [-0.25, -0.2) is 0 Å². The van der Waals surface area contributed by atoms with Crippen LogP contribution in [0.15, 0.2) is 8.81 Å². The molecule has 0 aromatic carbocycles. The van der Waals surface area contributed by atoms with E-state index in [4.69, 9.17) is 9.47 Å². The molecule has 0 unspecified atom stereocenters. The summed E-state index contributed by atoms with van der Waals surface area (Å²) in [6.07, 6.45) is 0. The SMILES string of the molecule is COC(=O)/[C](=[C](\C(=O)OC)[Ge]([CH3])[CH3])[Ge]([CH3])[CH3]. The van der Waals surface area contributed by atoms with Gasteiger partial charge in [0.25, 0.3) is 0 Å². The molecule has 0 bridgehead atoms. The van der Waals surface area contributed by atoms with E-state index in [1.54, 1.807) is 0 Å². The fourth-order valence-corrected chi connectivity index (χ4v) is 11.4. The van der Waals surface area contributed by atoms with E-state index in [0.29, 0.717) is 8.81 Å². The van der Waals surface area contributed by atoms with E-state index >= 15 is 0 Å². The Morgan fingerprint density at radius 3 is 1.12 bits per heavy atom. The van der Waals surface area contributed by atoms with Crippen molar-refractivity contribution in [2.24, 2.45) is 0 Å². The van der Waals surface area contributed by atoms with Gasteiger partial charge in [0.1, 0.15) is 0 Å². The normalized spacial score (nSPS) is 12.5. The third-order valence-corrected chi connectivity index (χ3v) is 9.23. The molecular formula is C10H18Ge2O4. The van der Waals surface area contributed by atoms with Crippen LogP contribution in [0.2, 0.25) is 23.0 Å². The Morgan fingerprint density at radius 1 is 0.750 bits per heavy atom. The van der Waals surface area contributed by atoms with Crippen LogP contribution in [0.4, 0.5) is 0 Å². The molecule has 4 nitrogen and oxygen atoms in total. The topological polar surface area (TPSA) is 52.6 Å². The summed E-state index contributed by atoms with van der Waals surface area (Å²) in [5, 5.41) is 0. The maximum absolute atomic E-state index is 11.7. The zero-order chi connectivity index (χ0) is 12.9. The van der Waals surface area contributed by atoms with E-state index in [2.05, 4.69) is 0 Å². The summed E-state index contributed by atoms with van der Waals surface area (Å²) in [7, 11) is 2.70. The van der Waals surface area contributed by atoms with Crippen molar-refractivity contribution in [1.29, 1.82) is 0 Å².